The van der Waals surface area contributed by atoms with Gasteiger partial charge in [-0.2, -0.15) is 0 Å². The SMILES string of the molecule is CCOc1ccc(-c2[nH]c3c(c2-c2ccc(OC)cc2)c(=O)[nH]c(=O)n3C)cc1. The lowest BCUT2D eigenvalue weighted by Gasteiger charge is -2.08. The van der Waals surface area contributed by atoms with E-state index in [1.807, 2.05) is 55.5 Å². The Morgan fingerprint density at radius 1 is 0.897 bits per heavy atom. The third-order valence-corrected chi connectivity index (χ3v) is 4.90. The molecule has 7 nitrogen and oxygen atoms in total. The first-order valence-electron chi connectivity index (χ1n) is 9.26. The van der Waals surface area contributed by atoms with Crippen LogP contribution in [-0.2, 0) is 7.05 Å². The van der Waals surface area contributed by atoms with E-state index >= 15 is 0 Å². The highest BCUT2D eigenvalue weighted by atomic mass is 16.5. The van der Waals surface area contributed by atoms with Crippen LogP contribution in [0.2, 0.25) is 0 Å². The Labute approximate surface area is 166 Å². The van der Waals surface area contributed by atoms with Crippen molar-refractivity contribution in [2.75, 3.05) is 13.7 Å². The van der Waals surface area contributed by atoms with Gasteiger partial charge in [0.2, 0.25) is 0 Å². The van der Waals surface area contributed by atoms with Crippen LogP contribution < -0.4 is 20.7 Å². The first kappa shape index (κ1) is 18.6. The molecule has 0 fully saturated rings. The van der Waals surface area contributed by atoms with Gasteiger partial charge in [0, 0.05) is 12.6 Å². The van der Waals surface area contributed by atoms with E-state index < -0.39 is 11.2 Å². The minimum Gasteiger partial charge on any atom is -0.497 e. The van der Waals surface area contributed by atoms with Crippen LogP contribution in [0.15, 0.2) is 58.1 Å². The van der Waals surface area contributed by atoms with Gasteiger partial charge in [-0.1, -0.05) is 12.1 Å². The number of nitrogens with one attached hydrogen (secondary N) is 2. The van der Waals surface area contributed by atoms with Gasteiger partial charge in [0.05, 0.1) is 24.8 Å². The summed E-state index contributed by atoms with van der Waals surface area (Å²) in [6.07, 6.45) is 0. The molecule has 0 saturated carbocycles. The van der Waals surface area contributed by atoms with Crippen LogP contribution >= 0.6 is 0 Å². The molecule has 4 aromatic rings. The number of aryl methyl sites for hydroxylation is 1. The van der Waals surface area contributed by atoms with Gasteiger partial charge in [0.1, 0.15) is 17.1 Å². The Hall–Kier alpha value is -3.74. The number of rotatable bonds is 5. The average Bonchev–Trinajstić information content (AvgIpc) is 3.14. The molecule has 0 radical (unpaired) electrons. The number of ether oxygens (including phenoxy) is 2. The zero-order valence-electron chi connectivity index (χ0n) is 16.4. The van der Waals surface area contributed by atoms with Crippen molar-refractivity contribution in [3.05, 3.63) is 69.4 Å². The molecule has 0 atom stereocenters. The summed E-state index contributed by atoms with van der Waals surface area (Å²) in [6, 6.07) is 15.1. The Morgan fingerprint density at radius 2 is 1.52 bits per heavy atom. The molecule has 0 bridgehead atoms. The average molecular weight is 391 g/mol. The van der Waals surface area contributed by atoms with Gasteiger partial charge >= 0.3 is 5.69 Å². The summed E-state index contributed by atoms with van der Waals surface area (Å²) in [6.45, 7) is 2.51. The van der Waals surface area contributed by atoms with Crippen molar-refractivity contribution in [2.45, 2.75) is 6.92 Å². The molecule has 2 heterocycles. The first-order chi connectivity index (χ1) is 14.0. The van der Waals surface area contributed by atoms with Crippen molar-refractivity contribution in [1.82, 2.24) is 14.5 Å². The largest absolute Gasteiger partial charge is 0.497 e. The second-order valence-corrected chi connectivity index (χ2v) is 6.60. The van der Waals surface area contributed by atoms with E-state index in [4.69, 9.17) is 9.47 Å². The molecule has 0 saturated heterocycles. The smallest absolute Gasteiger partial charge is 0.329 e. The fourth-order valence-electron chi connectivity index (χ4n) is 3.45. The van der Waals surface area contributed by atoms with Crippen LogP contribution in [0.3, 0.4) is 0 Å². The fourth-order valence-corrected chi connectivity index (χ4v) is 3.45. The molecular weight excluding hydrogens is 370 g/mol. The maximum absolute atomic E-state index is 12.7. The van der Waals surface area contributed by atoms with Crippen LogP contribution in [0.4, 0.5) is 0 Å². The second kappa shape index (κ2) is 7.35. The van der Waals surface area contributed by atoms with Gasteiger partial charge in [-0.05, 0) is 54.4 Å². The third kappa shape index (κ3) is 3.20. The van der Waals surface area contributed by atoms with E-state index in [0.29, 0.717) is 17.6 Å². The van der Waals surface area contributed by atoms with E-state index in [1.54, 1.807) is 14.2 Å². The molecule has 2 aromatic heterocycles. The lowest BCUT2D eigenvalue weighted by Crippen LogP contribution is -2.28. The second-order valence-electron chi connectivity index (χ2n) is 6.60. The molecule has 29 heavy (non-hydrogen) atoms. The number of aromatic amines is 2. The fraction of sp³-hybridized carbons (Fsp3) is 0.182. The number of fused-ring (bicyclic) bond motifs is 1. The molecule has 4 rings (SSSR count). The Balaban J connectivity index is 2.02. The van der Waals surface area contributed by atoms with Gasteiger partial charge in [-0.15, -0.1) is 0 Å². The molecule has 2 aromatic carbocycles. The van der Waals surface area contributed by atoms with Crippen molar-refractivity contribution in [3.63, 3.8) is 0 Å². The number of aromatic nitrogens is 3. The number of H-pyrrole nitrogens is 2. The summed E-state index contributed by atoms with van der Waals surface area (Å²) >= 11 is 0. The molecule has 0 aliphatic carbocycles. The quantitative estimate of drug-likeness (QED) is 0.546. The highest BCUT2D eigenvalue weighted by Crippen LogP contribution is 2.37. The lowest BCUT2D eigenvalue weighted by molar-refractivity contribution is 0.340. The molecule has 0 spiro atoms. The van der Waals surface area contributed by atoms with Crippen molar-refractivity contribution in [1.29, 1.82) is 0 Å². The van der Waals surface area contributed by atoms with Gasteiger partial charge in [0.25, 0.3) is 5.56 Å². The highest BCUT2D eigenvalue weighted by Gasteiger charge is 2.20. The van der Waals surface area contributed by atoms with E-state index in [0.717, 1.165) is 33.9 Å². The minimum absolute atomic E-state index is 0.428. The van der Waals surface area contributed by atoms with Crippen LogP contribution in [0.5, 0.6) is 11.5 Å². The lowest BCUT2D eigenvalue weighted by atomic mass is 9.99. The molecule has 148 valence electrons. The summed E-state index contributed by atoms with van der Waals surface area (Å²) in [5, 5.41) is 0.432. The normalized spacial score (nSPS) is 11.0. The summed E-state index contributed by atoms with van der Waals surface area (Å²) in [5.41, 5.74) is 2.76. The predicted molar refractivity (Wildman–Crippen MR) is 113 cm³/mol. The molecule has 0 unspecified atom stereocenters. The van der Waals surface area contributed by atoms with Gasteiger partial charge in [-0.25, -0.2) is 4.79 Å². The maximum Gasteiger partial charge on any atom is 0.329 e. The zero-order chi connectivity index (χ0) is 20.5. The first-order valence-corrected chi connectivity index (χ1v) is 9.26. The predicted octanol–water partition coefficient (Wildman–Crippen LogP) is 3.30. The van der Waals surface area contributed by atoms with Crippen LogP contribution in [0.1, 0.15) is 6.92 Å². The number of methoxy groups -OCH3 is 1. The molecule has 0 aliphatic heterocycles. The van der Waals surface area contributed by atoms with Crippen molar-refractivity contribution < 1.29 is 9.47 Å². The Bertz CT molecular complexity index is 1280. The standard InChI is InChI=1S/C22H21N3O4/c1-4-29-16-11-7-14(8-12-16)19-17(13-5-9-15(28-3)10-6-13)18-20(23-19)25(2)22(27)24-21(18)26/h5-12,23H,4H2,1-3H3,(H,24,26,27). The molecule has 0 aliphatic rings. The van der Waals surface area contributed by atoms with Gasteiger partial charge in [-0.3, -0.25) is 14.3 Å². The minimum atomic E-state index is -0.469. The Morgan fingerprint density at radius 3 is 2.14 bits per heavy atom. The topological polar surface area (TPSA) is 89.1 Å². The van der Waals surface area contributed by atoms with E-state index in [9.17, 15) is 9.59 Å². The number of hydrogen-bond acceptors (Lipinski definition) is 4. The van der Waals surface area contributed by atoms with Crippen LogP contribution in [0, 0.1) is 0 Å². The molecule has 7 heteroatoms. The number of hydrogen-bond donors (Lipinski definition) is 2. The van der Waals surface area contributed by atoms with Crippen LogP contribution in [-0.4, -0.2) is 28.3 Å². The third-order valence-electron chi connectivity index (χ3n) is 4.90. The molecular formula is C22H21N3O4. The van der Waals surface area contributed by atoms with Crippen molar-refractivity contribution >= 4 is 11.0 Å². The van der Waals surface area contributed by atoms with E-state index in [-0.39, 0.29) is 0 Å². The van der Waals surface area contributed by atoms with Crippen molar-refractivity contribution in [3.8, 4) is 33.9 Å². The number of benzene rings is 2. The van der Waals surface area contributed by atoms with Gasteiger partial charge in [0.15, 0.2) is 0 Å². The summed E-state index contributed by atoms with van der Waals surface area (Å²) in [5.74, 6) is 1.49. The van der Waals surface area contributed by atoms with E-state index in [2.05, 4.69) is 9.97 Å². The summed E-state index contributed by atoms with van der Waals surface area (Å²) in [7, 11) is 3.23. The summed E-state index contributed by atoms with van der Waals surface area (Å²) < 4.78 is 12.2. The highest BCUT2D eigenvalue weighted by molar-refractivity contribution is 6.02. The van der Waals surface area contributed by atoms with E-state index in [1.165, 1.54) is 4.57 Å². The van der Waals surface area contributed by atoms with Crippen LogP contribution in [0.25, 0.3) is 33.4 Å². The van der Waals surface area contributed by atoms with Crippen molar-refractivity contribution in [2.24, 2.45) is 7.05 Å². The van der Waals surface area contributed by atoms with Gasteiger partial charge < -0.3 is 14.5 Å². The Kier molecular flexibility index (Phi) is 4.72. The maximum atomic E-state index is 12.7. The zero-order valence-corrected chi connectivity index (χ0v) is 16.4. The monoisotopic (exact) mass is 391 g/mol. The molecule has 0 amide bonds. The number of nitrogens with zero attached hydrogens (tertiary/aromatic N) is 1. The molecule has 2 N–H and O–H groups in total. The summed E-state index contributed by atoms with van der Waals surface area (Å²) in [4.78, 5) is 30.5.